The summed E-state index contributed by atoms with van der Waals surface area (Å²) < 4.78 is 0. The number of anilines is 2. The number of rotatable bonds is 3. The van der Waals surface area contributed by atoms with Gasteiger partial charge in [0.15, 0.2) is 0 Å². The summed E-state index contributed by atoms with van der Waals surface area (Å²) in [5.74, 6) is 2.96. The predicted molar refractivity (Wildman–Crippen MR) is 73.0 cm³/mol. The van der Waals surface area contributed by atoms with E-state index in [0.717, 1.165) is 36.8 Å². The maximum Gasteiger partial charge on any atom is 0.134 e. The minimum Gasteiger partial charge on any atom is -0.391 e. The van der Waals surface area contributed by atoms with Crippen LogP contribution < -0.4 is 10.2 Å². The zero-order valence-electron chi connectivity index (χ0n) is 11.3. The van der Waals surface area contributed by atoms with Crippen molar-refractivity contribution in [2.75, 3.05) is 30.4 Å². The lowest BCUT2D eigenvalue weighted by molar-refractivity contribution is 0.102. The van der Waals surface area contributed by atoms with E-state index in [1.54, 1.807) is 0 Å². The number of piperidine rings is 1. The van der Waals surface area contributed by atoms with Crippen molar-refractivity contribution in [3.05, 3.63) is 11.9 Å². The molecule has 1 aromatic rings. The van der Waals surface area contributed by atoms with Crippen molar-refractivity contribution in [1.29, 1.82) is 0 Å². The molecule has 5 nitrogen and oxygen atoms in total. The zero-order valence-corrected chi connectivity index (χ0v) is 11.3. The monoisotopic (exact) mass is 250 g/mol. The van der Waals surface area contributed by atoms with Gasteiger partial charge in [0.05, 0.1) is 6.10 Å². The van der Waals surface area contributed by atoms with Gasteiger partial charge in [-0.1, -0.05) is 13.8 Å². The third kappa shape index (κ3) is 2.72. The number of aliphatic hydroxyl groups is 1. The van der Waals surface area contributed by atoms with Crippen LogP contribution >= 0.6 is 0 Å². The topological polar surface area (TPSA) is 61.3 Å². The number of hydrogen-bond donors (Lipinski definition) is 2. The highest BCUT2D eigenvalue weighted by molar-refractivity contribution is 5.49. The molecule has 0 spiro atoms. The summed E-state index contributed by atoms with van der Waals surface area (Å²) in [5, 5.41) is 13.0. The van der Waals surface area contributed by atoms with Gasteiger partial charge in [-0.05, 0) is 12.3 Å². The van der Waals surface area contributed by atoms with Crippen LogP contribution in [0.5, 0.6) is 0 Å². The Morgan fingerprint density at radius 1 is 1.50 bits per heavy atom. The Labute approximate surface area is 108 Å². The fourth-order valence-electron chi connectivity index (χ4n) is 2.19. The lowest BCUT2D eigenvalue weighted by Gasteiger charge is -2.35. The Balaban J connectivity index is 2.22. The number of aliphatic hydroxyl groups excluding tert-OH is 1. The summed E-state index contributed by atoms with van der Waals surface area (Å²) in [6.07, 6.45) is 1.55. The van der Waals surface area contributed by atoms with Crippen molar-refractivity contribution in [2.24, 2.45) is 5.92 Å². The smallest absolute Gasteiger partial charge is 0.134 e. The van der Waals surface area contributed by atoms with E-state index in [0.29, 0.717) is 12.5 Å². The lowest BCUT2D eigenvalue weighted by atomic mass is 9.96. The summed E-state index contributed by atoms with van der Waals surface area (Å²) in [5.41, 5.74) is 0. The molecule has 0 radical (unpaired) electrons. The molecule has 0 saturated carbocycles. The fourth-order valence-corrected chi connectivity index (χ4v) is 2.19. The molecule has 1 aliphatic rings. The molecule has 0 bridgehead atoms. The molecule has 2 heterocycles. The van der Waals surface area contributed by atoms with E-state index >= 15 is 0 Å². The number of hydrogen-bond acceptors (Lipinski definition) is 5. The Kier molecular flexibility index (Phi) is 4.01. The van der Waals surface area contributed by atoms with Gasteiger partial charge in [0.1, 0.15) is 17.5 Å². The lowest BCUT2D eigenvalue weighted by Crippen LogP contribution is -2.43. The highest BCUT2D eigenvalue weighted by Gasteiger charge is 2.25. The largest absolute Gasteiger partial charge is 0.391 e. The van der Waals surface area contributed by atoms with Crippen molar-refractivity contribution >= 4 is 11.6 Å². The maximum absolute atomic E-state index is 9.96. The number of nitrogens with zero attached hydrogens (tertiary/aromatic N) is 3. The molecule has 2 rings (SSSR count). The van der Waals surface area contributed by atoms with Crippen molar-refractivity contribution in [3.8, 4) is 0 Å². The minimum absolute atomic E-state index is 0.267. The Morgan fingerprint density at radius 2 is 2.28 bits per heavy atom. The second-order valence-corrected chi connectivity index (χ2v) is 4.91. The van der Waals surface area contributed by atoms with E-state index < -0.39 is 0 Å². The molecule has 0 aliphatic carbocycles. The van der Waals surface area contributed by atoms with Gasteiger partial charge in [-0.3, -0.25) is 0 Å². The maximum atomic E-state index is 9.96. The molecule has 1 aliphatic heterocycles. The Hall–Kier alpha value is -1.36. The number of aromatic nitrogens is 2. The normalized spacial score (nSPS) is 24.1. The van der Waals surface area contributed by atoms with Crippen molar-refractivity contribution in [1.82, 2.24) is 9.97 Å². The van der Waals surface area contributed by atoms with E-state index in [4.69, 9.17) is 0 Å². The van der Waals surface area contributed by atoms with E-state index in [1.807, 2.05) is 20.0 Å². The van der Waals surface area contributed by atoms with Gasteiger partial charge in [0.25, 0.3) is 0 Å². The van der Waals surface area contributed by atoms with Crippen molar-refractivity contribution in [3.63, 3.8) is 0 Å². The quantitative estimate of drug-likeness (QED) is 0.846. The molecule has 1 saturated heterocycles. The SMILES string of the molecule is CCc1nc(NC)cc(N2CCC(C)C(O)C2)n1. The van der Waals surface area contributed by atoms with Gasteiger partial charge >= 0.3 is 0 Å². The zero-order chi connectivity index (χ0) is 13.1. The van der Waals surface area contributed by atoms with Crippen molar-refractivity contribution in [2.45, 2.75) is 32.8 Å². The Bertz CT molecular complexity index is 388. The van der Waals surface area contributed by atoms with Gasteiger partial charge in [0, 0.05) is 32.6 Å². The molecule has 1 aromatic heterocycles. The van der Waals surface area contributed by atoms with Crippen LogP contribution in [0.15, 0.2) is 6.07 Å². The van der Waals surface area contributed by atoms with Gasteiger partial charge in [0.2, 0.25) is 0 Å². The van der Waals surface area contributed by atoms with Crippen LogP contribution in [0.3, 0.4) is 0 Å². The Morgan fingerprint density at radius 3 is 2.89 bits per heavy atom. The third-order valence-electron chi connectivity index (χ3n) is 3.57. The van der Waals surface area contributed by atoms with Crippen LogP contribution in [-0.4, -0.2) is 41.3 Å². The molecule has 0 aromatic carbocycles. The van der Waals surface area contributed by atoms with Gasteiger partial charge in [-0.2, -0.15) is 0 Å². The number of aryl methyl sites for hydroxylation is 1. The van der Waals surface area contributed by atoms with Crippen LogP contribution in [-0.2, 0) is 6.42 Å². The summed E-state index contributed by atoms with van der Waals surface area (Å²) in [4.78, 5) is 11.1. The summed E-state index contributed by atoms with van der Waals surface area (Å²) in [6, 6.07) is 1.95. The van der Waals surface area contributed by atoms with Crippen LogP contribution in [0.4, 0.5) is 11.6 Å². The van der Waals surface area contributed by atoms with Crippen LogP contribution in [0.2, 0.25) is 0 Å². The second kappa shape index (κ2) is 5.52. The first-order valence-corrected chi connectivity index (χ1v) is 6.62. The fraction of sp³-hybridized carbons (Fsp3) is 0.692. The molecule has 5 heteroatoms. The first-order chi connectivity index (χ1) is 8.63. The molecular weight excluding hydrogens is 228 g/mol. The second-order valence-electron chi connectivity index (χ2n) is 4.91. The first kappa shape index (κ1) is 13.1. The first-order valence-electron chi connectivity index (χ1n) is 6.62. The third-order valence-corrected chi connectivity index (χ3v) is 3.57. The molecule has 0 amide bonds. The van der Waals surface area contributed by atoms with E-state index in [2.05, 4.69) is 27.1 Å². The average molecular weight is 250 g/mol. The molecular formula is C13H22N4O. The van der Waals surface area contributed by atoms with Gasteiger partial charge < -0.3 is 15.3 Å². The molecule has 100 valence electrons. The number of β-amino-alcohol motifs (C(OH)–C–C–N with tert-alkyl or cyclic N) is 1. The van der Waals surface area contributed by atoms with Crippen LogP contribution in [0, 0.1) is 5.92 Å². The summed E-state index contributed by atoms with van der Waals surface area (Å²) >= 11 is 0. The minimum atomic E-state index is -0.267. The number of nitrogens with one attached hydrogen (secondary N) is 1. The standard InChI is InChI=1S/C13H22N4O/c1-4-11-15-12(14-3)7-13(16-11)17-6-5-9(2)10(18)8-17/h7,9-10,18H,4-6,8H2,1-3H3,(H,14,15,16). The highest BCUT2D eigenvalue weighted by Crippen LogP contribution is 2.23. The molecule has 1 fully saturated rings. The van der Waals surface area contributed by atoms with E-state index in [9.17, 15) is 5.11 Å². The average Bonchev–Trinajstić information content (AvgIpc) is 2.41. The van der Waals surface area contributed by atoms with E-state index in [1.165, 1.54) is 0 Å². The molecule has 2 unspecified atom stereocenters. The predicted octanol–water partition coefficient (Wildman–Crippen LogP) is 1.29. The summed E-state index contributed by atoms with van der Waals surface area (Å²) in [7, 11) is 1.86. The van der Waals surface area contributed by atoms with Gasteiger partial charge in [-0.15, -0.1) is 0 Å². The van der Waals surface area contributed by atoms with Crippen molar-refractivity contribution < 1.29 is 5.11 Å². The molecule has 18 heavy (non-hydrogen) atoms. The van der Waals surface area contributed by atoms with E-state index in [-0.39, 0.29) is 6.10 Å². The highest BCUT2D eigenvalue weighted by atomic mass is 16.3. The summed E-state index contributed by atoms with van der Waals surface area (Å²) in [6.45, 7) is 5.75. The van der Waals surface area contributed by atoms with Crippen LogP contribution in [0.1, 0.15) is 26.1 Å². The molecule has 2 N–H and O–H groups in total. The molecule has 2 atom stereocenters. The van der Waals surface area contributed by atoms with Crippen LogP contribution in [0.25, 0.3) is 0 Å². The van der Waals surface area contributed by atoms with Gasteiger partial charge in [-0.25, -0.2) is 9.97 Å².